The van der Waals surface area contributed by atoms with Gasteiger partial charge in [0.1, 0.15) is 6.10 Å². The summed E-state index contributed by atoms with van der Waals surface area (Å²) in [6.45, 7) is 4.14. The van der Waals surface area contributed by atoms with Crippen LogP contribution in [0.5, 0.6) is 0 Å². The van der Waals surface area contributed by atoms with Gasteiger partial charge >= 0.3 is 11.9 Å². The summed E-state index contributed by atoms with van der Waals surface area (Å²) in [7, 11) is 0. The molecule has 3 aromatic rings. The lowest BCUT2D eigenvalue weighted by Gasteiger charge is -2.53. The number of carboxylic acid groups (broad SMARTS) is 1. The second kappa shape index (κ2) is 9.95. The zero-order valence-electron chi connectivity index (χ0n) is 21.0. The molecular weight excluding hydrogens is 494 g/mol. The molecular formula is C29H30ClNO6. The first kappa shape index (κ1) is 25.5. The summed E-state index contributed by atoms with van der Waals surface area (Å²) < 4.78 is 17.4. The molecule has 0 amide bonds. The van der Waals surface area contributed by atoms with Gasteiger partial charge in [-0.1, -0.05) is 59.2 Å². The lowest BCUT2D eigenvalue weighted by atomic mass is 9.62. The van der Waals surface area contributed by atoms with Gasteiger partial charge < -0.3 is 19.1 Å². The van der Waals surface area contributed by atoms with E-state index in [4.69, 9.17) is 25.6 Å². The number of carboxylic acids is 1. The fourth-order valence-electron chi connectivity index (χ4n) is 5.69. The van der Waals surface area contributed by atoms with E-state index in [1.807, 2.05) is 37.3 Å². The van der Waals surface area contributed by atoms with Crippen LogP contribution in [0.2, 0.25) is 5.02 Å². The molecule has 194 valence electrons. The Labute approximate surface area is 220 Å². The quantitative estimate of drug-likeness (QED) is 0.350. The second-order valence-corrected chi connectivity index (χ2v) is 10.7. The van der Waals surface area contributed by atoms with Crippen molar-refractivity contribution < 1.29 is 28.7 Å². The highest BCUT2D eigenvalue weighted by Gasteiger charge is 2.51. The maximum Gasteiger partial charge on any atom is 0.311 e. The zero-order chi connectivity index (χ0) is 26.2. The molecule has 7 nitrogen and oxygen atoms in total. The molecule has 3 fully saturated rings. The number of halogens is 1. The number of carbonyl (C=O) groups is 2. The van der Waals surface area contributed by atoms with E-state index in [0.29, 0.717) is 28.6 Å². The largest absolute Gasteiger partial charge is 0.481 e. The van der Waals surface area contributed by atoms with Crippen molar-refractivity contribution >= 4 is 23.5 Å². The van der Waals surface area contributed by atoms with Gasteiger partial charge in [0.15, 0.2) is 5.76 Å². The zero-order valence-corrected chi connectivity index (χ0v) is 21.7. The van der Waals surface area contributed by atoms with Crippen LogP contribution in [0.4, 0.5) is 0 Å². The number of aryl methyl sites for hydroxylation is 1. The molecule has 37 heavy (non-hydrogen) atoms. The molecule has 1 aromatic heterocycles. The minimum Gasteiger partial charge on any atom is -0.481 e. The third kappa shape index (κ3) is 5.03. The summed E-state index contributed by atoms with van der Waals surface area (Å²) in [6, 6.07) is 15.4. The van der Waals surface area contributed by atoms with Crippen LogP contribution < -0.4 is 0 Å². The van der Waals surface area contributed by atoms with Gasteiger partial charge in [-0.3, -0.25) is 9.59 Å². The minimum atomic E-state index is -0.806. The first-order chi connectivity index (χ1) is 17.7. The molecule has 1 N–H and O–H groups in total. The molecule has 0 spiro atoms. The Bertz CT molecular complexity index is 1290. The van der Waals surface area contributed by atoms with E-state index in [9.17, 15) is 14.7 Å². The van der Waals surface area contributed by atoms with Crippen molar-refractivity contribution in [3.63, 3.8) is 0 Å². The average molecular weight is 524 g/mol. The van der Waals surface area contributed by atoms with Gasteiger partial charge in [-0.15, -0.1) is 0 Å². The number of benzene rings is 2. The number of carbonyl (C=O) groups excluding carboxylic acids is 1. The van der Waals surface area contributed by atoms with Crippen molar-refractivity contribution in [3.8, 4) is 11.3 Å². The Morgan fingerprint density at radius 1 is 1.11 bits per heavy atom. The van der Waals surface area contributed by atoms with E-state index in [-0.39, 0.29) is 24.2 Å². The Morgan fingerprint density at radius 2 is 1.81 bits per heavy atom. The SMILES string of the molecule is Cc1noc(-c2ccc(C34CCC(CC(=O)O)(CC3)OC4)cc2)c1CC(=O)O[C@H](C)c1ccccc1Cl. The lowest BCUT2D eigenvalue weighted by Crippen LogP contribution is -2.54. The molecule has 1 atom stereocenters. The predicted octanol–water partition coefficient (Wildman–Crippen LogP) is 6.21. The molecule has 2 aromatic carbocycles. The summed E-state index contributed by atoms with van der Waals surface area (Å²) in [6.07, 6.45) is 2.93. The Hall–Kier alpha value is -3.16. The third-order valence-corrected chi connectivity index (χ3v) is 8.31. The number of rotatable bonds is 8. The Morgan fingerprint density at radius 3 is 2.43 bits per heavy atom. The van der Waals surface area contributed by atoms with Crippen LogP contribution >= 0.6 is 11.6 Å². The number of aliphatic carboxylic acids is 1. The summed E-state index contributed by atoms with van der Waals surface area (Å²) in [5.74, 6) is -0.645. The molecule has 8 heteroatoms. The van der Waals surface area contributed by atoms with E-state index < -0.39 is 17.7 Å². The van der Waals surface area contributed by atoms with Gasteiger partial charge in [-0.05, 0) is 51.2 Å². The predicted molar refractivity (Wildman–Crippen MR) is 137 cm³/mol. The third-order valence-electron chi connectivity index (χ3n) is 7.96. The summed E-state index contributed by atoms with van der Waals surface area (Å²) >= 11 is 6.25. The van der Waals surface area contributed by atoms with Crippen LogP contribution in [0.3, 0.4) is 0 Å². The fraction of sp³-hybridized carbons (Fsp3) is 0.414. The molecule has 3 heterocycles. The van der Waals surface area contributed by atoms with Crippen LogP contribution in [0.15, 0.2) is 53.1 Å². The molecule has 0 radical (unpaired) electrons. The highest BCUT2D eigenvalue weighted by atomic mass is 35.5. The summed E-state index contributed by atoms with van der Waals surface area (Å²) in [5, 5.41) is 13.9. The topological polar surface area (TPSA) is 98.9 Å². The number of ether oxygens (including phenoxy) is 2. The first-order valence-electron chi connectivity index (χ1n) is 12.6. The monoisotopic (exact) mass is 523 g/mol. The number of hydrogen-bond donors (Lipinski definition) is 1. The summed E-state index contributed by atoms with van der Waals surface area (Å²) in [5.41, 5.74) is 3.47. The average Bonchev–Trinajstić information content (AvgIpc) is 3.24. The normalized spacial score (nSPS) is 23.5. The standard InChI is InChI=1S/C29H30ClNO6/c1-18-23(15-26(34)36-19(2)22-5-3-4-6-24(22)30)27(37-31-18)20-7-9-21(10-8-20)28-11-13-29(14-12-28,35-17-28)16-25(32)33/h3-10,19H,11-17H2,1-2H3,(H,32,33)/t19-,28?,29?/m1/s1. The van der Waals surface area contributed by atoms with Crippen LogP contribution in [-0.4, -0.2) is 34.4 Å². The molecule has 1 aliphatic carbocycles. The first-order valence-corrected chi connectivity index (χ1v) is 12.9. The van der Waals surface area contributed by atoms with E-state index in [1.165, 1.54) is 5.56 Å². The molecule has 2 aliphatic heterocycles. The van der Waals surface area contributed by atoms with Crippen molar-refractivity contribution in [2.24, 2.45) is 0 Å². The number of fused-ring (bicyclic) bond motifs is 3. The Balaban J connectivity index is 1.29. The number of nitrogens with zero attached hydrogens (tertiary/aromatic N) is 1. The van der Waals surface area contributed by atoms with Crippen molar-refractivity contribution in [2.75, 3.05) is 6.61 Å². The summed E-state index contributed by atoms with van der Waals surface area (Å²) in [4.78, 5) is 24.1. The molecule has 0 unspecified atom stereocenters. The minimum absolute atomic E-state index is 0.0324. The van der Waals surface area contributed by atoms with Crippen molar-refractivity contribution in [3.05, 3.63) is 75.9 Å². The van der Waals surface area contributed by atoms with Crippen molar-refractivity contribution in [2.45, 2.75) is 69.5 Å². The fourth-order valence-corrected chi connectivity index (χ4v) is 5.98. The number of hydrogen-bond acceptors (Lipinski definition) is 6. The van der Waals surface area contributed by atoms with Crippen LogP contribution in [0.25, 0.3) is 11.3 Å². The molecule has 2 bridgehead atoms. The number of aromatic nitrogens is 1. The van der Waals surface area contributed by atoms with Gasteiger partial charge in [-0.2, -0.15) is 0 Å². The van der Waals surface area contributed by atoms with Crippen molar-refractivity contribution in [1.29, 1.82) is 0 Å². The van der Waals surface area contributed by atoms with E-state index in [1.54, 1.807) is 13.0 Å². The van der Waals surface area contributed by atoms with E-state index >= 15 is 0 Å². The van der Waals surface area contributed by atoms with Crippen LogP contribution in [0, 0.1) is 6.92 Å². The van der Waals surface area contributed by atoms with Gasteiger partial charge in [-0.25, -0.2) is 0 Å². The van der Waals surface area contributed by atoms with Crippen LogP contribution in [-0.2, 0) is 30.9 Å². The van der Waals surface area contributed by atoms with Gasteiger partial charge in [0.2, 0.25) is 0 Å². The van der Waals surface area contributed by atoms with Gasteiger partial charge in [0.05, 0.1) is 30.7 Å². The second-order valence-electron chi connectivity index (χ2n) is 10.3. The van der Waals surface area contributed by atoms with E-state index in [2.05, 4.69) is 17.3 Å². The lowest BCUT2D eigenvalue weighted by molar-refractivity contribution is -0.175. The van der Waals surface area contributed by atoms with Gasteiger partial charge in [0.25, 0.3) is 0 Å². The number of esters is 1. The molecule has 2 saturated heterocycles. The van der Waals surface area contributed by atoms with Crippen LogP contribution in [0.1, 0.15) is 67.5 Å². The Kier molecular flexibility index (Phi) is 6.86. The van der Waals surface area contributed by atoms with Gasteiger partial charge in [0, 0.05) is 27.1 Å². The maximum atomic E-state index is 12.8. The highest BCUT2D eigenvalue weighted by molar-refractivity contribution is 6.31. The molecule has 6 rings (SSSR count). The molecule has 3 aliphatic rings. The smallest absolute Gasteiger partial charge is 0.311 e. The maximum absolute atomic E-state index is 12.8. The van der Waals surface area contributed by atoms with Crippen molar-refractivity contribution in [1.82, 2.24) is 5.16 Å². The highest BCUT2D eigenvalue weighted by Crippen LogP contribution is 2.51. The van der Waals surface area contributed by atoms with E-state index in [0.717, 1.165) is 36.8 Å². The molecule has 1 saturated carbocycles.